The van der Waals surface area contributed by atoms with Crippen LogP contribution in [0.5, 0.6) is 0 Å². The third kappa shape index (κ3) is 7.52. The third-order valence-electron chi connectivity index (χ3n) is 4.51. The van der Waals surface area contributed by atoms with E-state index in [0.717, 1.165) is 12.8 Å². The van der Waals surface area contributed by atoms with E-state index in [1.54, 1.807) is 24.3 Å². The molecular formula is C18H30IN3O2S. The van der Waals surface area contributed by atoms with Gasteiger partial charge in [0.1, 0.15) is 0 Å². The number of rotatable bonds is 6. The van der Waals surface area contributed by atoms with Crippen LogP contribution in [0.3, 0.4) is 0 Å². The molecule has 142 valence electrons. The Morgan fingerprint density at radius 1 is 1.20 bits per heavy atom. The molecule has 1 unspecified atom stereocenters. The predicted octanol–water partition coefficient (Wildman–Crippen LogP) is 3.48. The van der Waals surface area contributed by atoms with Crippen molar-refractivity contribution in [3.05, 3.63) is 30.3 Å². The summed E-state index contributed by atoms with van der Waals surface area (Å²) < 4.78 is 25.0. The zero-order chi connectivity index (χ0) is 17.4. The van der Waals surface area contributed by atoms with E-state index in [0.29, 0.717) is 17.3 Å². The zero-order valence-corrected chi connectivity index (χ0v) is 18.0. The molecule has 0 aliphatic heterocycles. The average Bonchev–Trinajstić information content (AvgIpc) is 2.83. The lowest BCUT2D eigenvalue weighted by Crippen LogP contribution is -2.44. The van der Waals surface area contributed by atoms with Gasteiger partial charge in [0.15, 0.2) is 15.8 Å². The molecule has 0 saturated heterocycles. The molecule has 5 nitrogen and oxygen atoms in total. The molecule has 1 saturated carbocycles. The molecule has 2 rings (SSSR count). The second kappa shape index (κ2) is 11.0. The highest BCUT2D eigenvalue weighted by Gasteiger charge is 2.21. The van der Waals surface area contributed by atoms with Crippen LogP contribution in [0.15, 0.2) is 40.2 Å². The third-order valence-corrected chi connectivity index (χ3v) is 6.35. The molecule has 7 heteroatoms. The standard InChI is InChI=1S/C18H29N3O2S.HI/c1-2-15(14-24(22,23)17-12-8-5-9-13-17)20-18(19)21-16-10-6-3-4-7-11-16;/h5,8-9,12-13,15-16H,2-4,6-7,10-11,14H2,1H3,(H3,19,20,21);1H. The molecule has 1 aliphatic carbocycles. The summed E-state index contributed by atoms with van der Waals surface area (Å²) in [5, 5.41) is 3.11. The van der Waals surface area contributed by atoms with E-state index in [1.807, 2.05) is 13.0 Å². The quantitative estimate of drug-likeness (QED) is 0.283. The number of aliphatic imine (C=N–C) groups is 1. The lowest BCUT2D eigenvalue weighted by Gasteiger charge is -2.19. The van der Waals surface area contributed by atoms with Crippen LogP contribution < -0.4 is 11.1 Å². The molecule has 1 aromatic rings. The highest BCUT2D eigenvalue weighted by molar-refractivity contribution is 14.0. The Morgan fingerprint density at radius 3 is 2.36 bits per heavy atom. The summed E-state index contributed by atoms with van der Waals surface area (Å²) in [5.74, 6) is 0.394. The van der Waals surface area contributed by atoms with Crippen LogP contribution in [0.2, 0.25) is 0 Å². The minimum atomic E-state index is -3.33. The maximum absolute atomic E-state index is 12.5. The fourth-order valence-corrected chi connectivity index (χ4v) is 4.69. The Morgan fingerprint density at radius 2 is 1.80 bits per heavy atom. The van der Waals surface area contributed by atoms with E-state index in [1.165, 1.54) is 25.7 Å². The average molecular weight is 479 g/mol. The fraction of sp³-hybridized carbons (Fsp3) is 0.611. The van der Waals surface area contributed by atoms with Gasteiger partial charge in [-0.25, -0.2) is 8.42 Å². The maximum Gasteiger partial charge on any atom is 0.189 e. The zero-order valence-electron chi connectivity index (χ0n) is 14.9. The Balaban J connectivity index is 0.00000312. The maximum atomic E-state index is 12.5. The second-order valence-corrected chi connectivity index (χ2v) is 8.54. The van der Waals surface area contributed by atoms with Gasteiger partial charge in [-0.2, -0.15) is 0 Å². The molecular weight excluding hydrogens is 449 g/mol. The normalized spacial score (nSPS) is 18.0. The molecule has 1 aliphatic rings. The molecule has 0 radical (unpaired) electrons. The number of hydrogen-bond acceptors (Lipinski definition) is 3. The van der Waals surface area contributed by atoms with Crippen molar-refractivity contribution in [2.75, 3.05) is 5.75 Å². The first-order valence-electron chi connectivity index (χ1n) is 8.89. The smallest absolute Gasteiger partial charge is 0.189 e. The molecule has 0 bridgehead atoms. The van der Waals surface area contributed by atoms with Crippen LogP contribution in [0, 0.1) is 0 Å². The highest BCUT2D eigenvalue weighted by Crippen LogP contribution is 2.19. The Labute approximate surface area is 168 Å². The van der Waals surface area contributed by atoms with Crippen molar-refractivity contribution in [3.63, 3.8) is 0 Å². The summed E-state index contributed by atoms with van der Waals surface area (Å²) in [4.78, 5) is 4.93. The van der Waals surface area contributed by atoms with Crippen LogP contribution in [0.4, 0.5) is 0 Å². The van der Waals surface area contributed by atoms with Crippen LogP contribution in [0.1, 0.15) is 51.9 Å². The van der Waals surface area contributed by atoms with Gasteiger partial charge in [0.2, 0.25) is 0 Å². The van der Waals surface area contributed by atoms with Crippen LogP contribution in [0.25, 0.3) is 0 Å². The second-order valence-electron chi connectivity index (χ2n) is 6.50. The number of benzene rings is 1. The summed E-state index contributed by atoms with van der Waals surface area (Å²) in [7, 11) is -3.33. The molecule has 25 heavy (non-hydrogen) atoms. The first-order chi connectivity index (χ1) is 11.5. The minimum absolute atomic E-state index is 0. The number of halogens is 1. The highest BCUT2D eigenvalue weighted by atomic mass is 127. The first kappa shape index (κ1) is 22.2. The van der Waals surface area contributed by atoms with Crippen LogP contribution in [-0.2, 0) is 9.84 Å². The lowest BCUT2D eigenvalue weighted by molar-refractivity contribution is 0.561. The summed E-state index contributed by atoms with van der Waals surface area (Å²) in [6.45, 7) is 1.96. The Kier molecular flexibility index (Phi) is 9.78. The monoisotopic (exact) mass is 479 g/mol. The van der Waals surface area contributed by atoms with E-state index < -0.39 is 9.84 Å². The van der Waals surface area contributed by atoms with Gasteiger partial charge in [-0.3, -0.25) is 4.99 Å². The molecule has 1 aromatic carbocycles. The molecule has 0 heterocycles. The molecule has 0 spiro atoms. The van der Waals surface area contributed by atoms with Crippen molar-refractivity contribution in [3.8, 4) is 0 Å². The summed E-state index contributed by atoms with van der Waals surface area (Å²) >= 11 is 0. The number of hydrogen-bond donors (Lipinski definition) is 2. The SMILES string of the molecule is CCC(CS(=O)(=O)c1ccccc1)NC(N)=NC1CCCCCC1.I. The fourth-order valence-electron chi connectivity index (χ4n) is 3.08. The van der Waals surface area contributed by atoms with E-state index >= 15 is 0 Å². The van der Waals surface area contributed by atoms with Gasteiger partial charge in [-0.15, -0.1) is 24.0 Å². The summed E-state index contributed by atoms with van der Waals surface area (Å²) in [6, 6.07) is 8.59. The van der Waals surface area contributed by atoms with Crippen LogP contribution in [-0.4, -0.2) is 32.2 Å². The van der Waals surface area contributed by atoms with Gasteiger partial charge in [0.05, 0.1) is 16.7 Å². The van der Waals surface area contributed by atoms with E-state index in [-0.39, 0.29) is 41.8 Å². The molecule has 1 atom stereocenters. The molecule has 0 amide bonds. The van der Waals surface area contributed by atoms with Crippen molar-refractivity contribution in [1.82, 2.24) is 5.32 Å². The Hall–Kier alpha value is -0.830. The molecule has 0 aromatic heterocycles. The number of nitrogens with zero attached hydrogens (tertiary/aromatic N) is 1. The number of nitrogens with two attached hydrogens (primary N) is 1. The molecule has 1 fully saturated rings. The summed E-state index contributed by atoms with van der Waals surface area (Å²) in [6.07, 6.45) is 7.75. The van der Waals surface area contributed by atoms with Crippen molar-refractivity contribution in [2.24, 2.45) is 10.7 Å². The van der Waals surface area contributed by atoms with Gasteiger partial charge < -0.3 is 11.1 Å². The topological polar surface area (TPSA) is 84.5 Å². The largest absolute Gasteiger partial charge is 0.370 e. The van der Waals surface area contributed by atoms with Crippen molar-refractivity contribution in [1.29, 1.82) is 0 Å². The lowest BCUT2D eigenvalue weighted by atomic mass is 10.1. The van der Waals surface area contributed by atoms with E-state index in [9.17, 15) is 8.42 Å². The predicted molar refractivity (Wildman–Crippen MR) is 114 cm³/mol. The van der Waals surface area contributed by atoms with Crippen molar-refractivity contribution < 1.29 is 8.42 Å². The summed E-state index contributed by atoms with van der Waals surface area (Å²) in [5.41, 5.74) is 6.03. The number of guanidine groups is 1. The van der Waals surface area contributed by atoms with Gasteiger partial charge in [0.25, 0.3) is 0 Å². The Bertz CT molecular complexity index is 627. The van der Waals surface area contributed by atoms with Gasteiger partial charge in [0, 0.05) is 6.04 Å². The van der Waals surface area contributed by atoms with Crippen molar-refractivity contribution in [2.45, 2.75) is 68.8 Å². The minimum Gasteiger partial charge on any atom is -0.370 e. The van der Waals surface area contributed by atoms with Crippen LogP contribution >= 0.6 is 24.0 Å². The van der Waals surface area contributed by atoms with Gasteiger partial charge >= 0.3 is 0 Å². The van der Waals surface area contributed by atoms with Crippen molar-refractivity contribution >= 4 is 39.8 Å². The van der Waals surface area contributed by atoms with E-state index in [2.05, 4.69) is 10.3 Å². The van der Waals surface area contributed by atoms with Gasteiger partial charge in [-0.1, -0.05) is 50.8 Å². The number of sulfone groups is 1. The van der Waals surface area contributed by atoms with E-state index in [4.69, 9.17) is 5.73 Å². The first-order valence-corrected chi connectivity index (χ1v) is 10.5. The molecule has 3 N–H and O–H groups in total. The number of nitrogens with one attached hydrogen (secondary N) is 1. The van der Waals surface area contributed by atoms with Gasteiger partial charge in [-0.05, 0) is 31.4 Å².